The highest BCUT2D eigenvalue weighted by Crippen LogP contribution is 2.34. The molecular formula is C15H11F3N2O3S. The summed E-state index contributed by atoms with van der Waals surface area (Å²) in [6.45, 7) is -0.444. The van der Waals surface area contributed by atoms with E-state index in [9.17, 15) is 23.1 Å². The van der Waals surface area contributed by atoms with E-state index in [0.717, 1.165) is 10.7 Å². The van der Waals surface area contributed by atoms with Gasteiger partial charge in [0, 0.05) is 0 Å². The molecule has 1 atom stereocenters. The summed E-state index contributed by atoms with van der Waals surface area (Å²) in [5, 5.41) is 15.8. The molecule has 0 fully saturated rings. The molecule has 1 N–H and O–H groups in total. The van der Waals surface area contributed by atoms with Gasteiger partial charge in [-0.2, -0.15) is 17.9 Å². The average Bonchev–Trinajstić information content (AvgIpc) is 3.17. The van der Waals surface area contributed by atoms with Crippen molar-refractivity contribution in [3.63, 3.8) is 0 Å². The Hall–Kier alpha value is -2.39. The minimum absolute atomic E-state index is 0.0614. The predicted octanol–water partition coefficient (Wildman–Crippen LogP) is 3.32. The summed E-state index contributed by atoms with van der Waals surface area (Å²) in [5.74, 6) is -0.784. The average molecular weight is 356 g/mol. The van der Waals surface area contributed by atoms with Gasteiger partial charge in [-0.3, -0.25) is 0 Å². The molecule has 0 saturated carbocycles. The number of nitrogens with zero attached hydrogens (tertiary/aromatic N) is 2. The van der Waals surface area contributed by atoms with Gasteiger partial charge in [0.1, 0.15) is 0 Å². The van der Waals surface area contributed by atoms with Crippen LogP contribution in [0.1, 0.15) is 17.2 Å². The maximum Gasteiger partial charge on any atom is 0.437 e. The molecule has 0 amide bonds. The number of thiophene rings is 1. The van der Waals surface area contributed by atoms with Crippen LogP contribution in [0.3, 0.4) is 0 Å². The fraction of sp³-hybridized carbons (Fsp3) is 0.200. The number of benzene rings is 1. The summed E-state index contributed by atoms with van der Waals surface area (Å²) in [4.78, 5) is 12.4. The highest BCUT2D eigenvalue weighted by molar-refractivity contribution is 7.13. The smallest absolute Gasteiger partial charge is 0.387 e. The Morgan fingerprint density at radius 2 is 2.00 bits per heavy atom. The van der Waals surface area contributed by atoms with Crippen molar-refractivity contribution in [1.29, 1.82) is 0 Å². The first kappa shape index (κ1) is 16.5. The molecule has 0 spiro atoms. The fourth-order valence-electron chi connectivity index (χ4n) is 2.23. The Bertz CT molecular complexity index is 884. The number of aromatic nitrogens is 2. The highest BCUT2D eigenvalue weighted by atomic mass is 32.1. The summed E-state index contributed by atoms with van der Waals surface area (Å²) >= 11 is 1.30. The van der Waals surface area contributed by atoms with Crippen LogP contribution in [0.2, 0.25) is 0 Å². The summed E-state index contributed by atoms with van der Waals surface area (Å²) in [5.41, 5.74) is -1.27. The van der Waals surface area contributed by atoms with Gasteiger partial charge in [-0.05, 0) is 23.1 Å². The van der Waals surface area contributed by atoms with Crippen LogP contribution in [0.4, 0.5) is 13.2 Å². The number of aliphatic hydroxyl groups excluding tert-OH is 1. The first-order valence-corrected chi connectivity index (χ1v) is 7.70. The molecule has 0 radical (unpaired) electrons. The third-order valence-corrected chi connectivity index (χ3v) is 4.17. The third-order valence-electron chi connectivity index (χ3n) is 3.31. The van der Waals surface area contributed by atoms with Crippen LogP contribution in [-0.4, -0.2) is 14.9 Å². The van der Waals surface area contributed by atoms with Gasteiger partial charge in [-0.15, -0.1) is 16.4 Å². The van der Waals surface area contributed by atoms with Crippen LogP contribution in [0.5, 0.6) is 0 Å². The largest absolute Gasteiger partial charge is 0.437 e. The lowest BCUT2D eigenvalue weighted by Gasteiger charge is -2.16. The molecule has 5 nitrogen and oxygen atoms in total. The van der Waals surface area contributed by atoms with E-state index in [-0.39, 0.29) is 11.5 Å². The van der Waals surface area contributed by atoms with Crippen molar-refractivity contribution in [3.05, 3.63) is 63.5 Å². The maximum absolute atomic E-state index is 13.0. The van der Waals surface area contributed by atoms with Gasteiger partial charge >= 0.3 is 11.9 Å². The van der Waals surface area contributed by atoms with E-state index in [1.807, 2.05) is 0 Å². The quantitative estimate of drug-likeness (QED) is 0.779. The van der Waals surface area contributed by atoms with Crippen molar-refractivity contribution in [2.24, 2.45) is 0 Å². The first-order chi connectivity index (χ1) is 11.4. The van der Waals surface area contributed by atoms with Gasteiger partial charge < -0.3 is 9.52 Å². The first-order valence-electron chi connectivity index (χ1n) is 6.82. The van der Waals surface area contributed by atoms with E-state index in [2.05, 4.69) is 5.10 Å². The molecule has 0 aliphatic rings. The number of alkyl halides is 3. The fourth-order valence-corrected chi connectivity index (χ4v) is 2.87. The highest BCUT2D eigenvalue weighted by Gasteiger charge is 2.34. The molecular weight excluding hydrogens is 345 g/mol. The zero-order valence-corrected chi connectivity index (χ0v) is 12.8. The zero-order chi connectivity index (χ0) is 17.3. The van der Waals surface area contributed by atoms with Crippen LogP contribution < -0.4 is 5.76 Å². The topological polar surface area (TPSA) is 68.3 Å². The zero-order valence-electron chi connectivity index (χ0n) is 12.0. The summed E-state index contributed by atoms with van der Waals surface area (Å²) in [6, 6.07) is 8.09. The lowest BCUT2D eigenvalue weighted by atomic mass is 10.0. The van der Waals surface area contributed by atoms with E-state index in [0.29, 0.717) is 4.88 Å². The second-order valence-electron chi connectivity index (χ2n) is 4.93. The van der Waals surface area contributed by atoms with Gasteiger partial charge in [-0.1, -0.05) is 24.3 Å². The molecule has 2 heterocycles. The third kappa shape index (κ3) is 3.26. The molecule has 24 heavy (non-hydrogen) atoms. The van der Waals surface area contributed by atoms with Crippen molar-refractivity contribution in [3.8, 4) is 10.8 Å². The monoisotopic (exact) mass is 356 g/mol. The van der Waals surface area contributed by atoms with Crippen LogP contribution in [0, 0.1) is 0 Å². The molecule has 1 aromatic carbocycles. The minimum Gasteiger partial charge on any atom is -0.387 e. The maximum atomic E-state index is 13.0. The lowest BCUT2D eigenvalue weighted by Crippen LogP contribution is -2.22. The Kier molecular flexibility index (Phi) is 4.29. The van der Waals surface area contributed by atoms with Crippen LogP contribution in [-0.2, 0) is 12.7 Å². The normalized spacial score (nSPS) is 13.2. The summed E-state index contributed by atoms with van der Waals surface area (Å²) in [6.07, 6.45) is -6.16. The predicted molar refractivity (Wildman–Crippen MR) is 80.5 cm³/mol. The number of rotatable bonds is 4. The van der Waals surface area contributed by atoms with Gasteiger partial charge in [0.2, 0.25) is 0 Å². The molecule has 0 bridgehead atoms. The van der Waals surface area contributed by atoms with E-state index in [4.69, 9.17) is 4.42 Å². The number of aliphatic hydroxyl groups is 1. The summed E-state index contributed by atoms with van der Waals surface area (Å²) < 4.78 is 44.8. The van der Waals surface area contributed by atoms with Crippen molar-refractivity contribution < 1.29 is 22.7 Å². The Labute approximate surface area is 137 Å². The second-order valence-corrected chi connectivity index (χ2v) is 5.88. The van der Waals surface area contributed by atoms with Crippen molar-refractivity contribution in [2.75, 3.05) is 0 Å². The standard InChI is InChI=1S/C15H11F3N2O3S/c16-15(17,18)10-5-2-1-4-9(10)11(21)8-20-14(22)23-13(19-20)12-6-3-7-24-12/h1-7,11,21H,8H2/t11-/m0/s1. The molecule has 2 aromatic heterocycles. The van der Waals surface area contributed by atoms with Gasteiger partial charge in [0.25, 0.3) is 5.89 Å². The SMILES string of the molecule is O=c1oc(-c2cccs2)nn1C[C@H](O)c1ccccc1C(F)(F)F. The van der Waals surface area contributed by atoms with Crippen LogP contribution in [0.15, 0.2) is 51.0 Å². The number of halogens is 3. The Morgan fingerprint density at radius 1 is 1.25 bits per heavy atom. The van der Waals surface area contributed by atoms with Crippen LogP contribution >= 0.6 is 11.3 Å². The molecule has 9 heteroatoms. The minimum atomic E-state index is -4.60. The molecule has 0 aliphatic carbocycles. The van der Waals surface area contributed by atoms with Crippen molar-refractivity contribution in [1.82, 2.24) is 9.78 Å². The summed E-state index contributed by atoms with van der Waals surface area (Å²) in [7, 11) is 0. The number of hydrogen-bond acceptors (Lipinski definition) is 5. The Morgan fingerprint density at radius 3 is 2.67 bits per heavy atom. The van der Waals surface area contributed by atoms with Crippen molar-refractivity contribution in [2.45, 2.75) is 18.8 Å². The van der Waals surface area contributed by atoms with E-state index >= 15 is 0 Å². The van der Waals surface area contributed by atoms with E-state index in [1.165, 1.54) is 29.5 Å². The lowest BCUT2D eigenvalue weighted by molar-refractivity contribution is -0.139. The van der Waals surface area contributed by atoms with E-state index in [1.54, 1.807) is 17.5 Å². The van der Waals surface area contributed by atoms with Crippen molar-refractivity contribution >= 4 is 11.3 Å². The molecule has 3 aromatic rings. The van der Waals surface area contributed by atoms with Gasteiger partial charge in [0.05, 0.1) is 23.1 Å². The van der Waals surface area contributed by atoms with Gasteiger partial charge in [-0.25, -0.2) is 4.79 Å². The molecule has 3 rings (SSSR count). The molecule has 0 saturated heterocycles. The number of hydrogen-bond donors (Lipinski definition) is 1. The van der Waals surface area contributed by atoms with E-state index < -0.39 is 30.1 Å². The second kappa shape index (κ2) is 6.25. The molecule has 126 valence electrons. The molecule has 0 aliphatic heterocycles. The molecule has 0 unspecified atom stereocenters. The van der Waals surface area contributed by atoms with Gasteiger partial charge in [0.15, 0.2) is 0 Å². The van der Waals surface area contributed by atoms with Crippen LogP contribution in [0.25, 0.3) is 10.8 Å². The Balaban J connectivity index is 1.89.